The summed E-state index contributed by atoms with van der Waals surface area (Å²) in [5.74, 6) is 0.835. The quantitative estimate of drug-likeness (QED) is 0.867. The maximum absolute atomic E-state index is 11.0. The Hall–Kier alpha value is -1.68. The average Bonchev–Trinajstić information content (AvgIpc) is 2.87. The Morgan fingerprint density at radius 1 is 1.21 bits per heavy atom. The van der Waals surface area contributed by atoms with Gasteiger partial charge in [-0.2, -0.15) is 5.10 Å². The summed E-state index contributed by atoms with van der Waals surface area (Å²) in [5.41, 5.74) is 0.0816. The molecule has 0 saturated heterocycles. The molecule has 0 fully saturated rings. The van der Waals surface area contributed by atoms with Gasteiger partial charge in [-0.15, -0.1) is 0 Å². The second-order valence-corrected chi connectivity index (χ2v) is 4.82. The van der Waals surface area contributed by atoms with Crippen molar-refractivity contribution >= 4 is 0 Å². The second-order valence-electron chi connectivity index (χ2n) is 4.82. The molecule has 1 heterocycles. The minimum Gasteiger partial charge on any atom is -0.385 e. The van der Waals surface area contributed by atoms with Crippen molar-refractivity contribution in [3.8, 4) is 0 Å². The first-order valence-electron chi connectivity index (χ1n) is 6.84. The standard InChI is InChI=1S/C15H21N3O/c1-3-10-15(19,13-8-6-5-7-9-13)11-14-16-12-17-18(14)4-2/h5-9,12,19H,3-4,10-11H2,1-2H3. The van der Waals surface area contributed by atoms with Crippen molar-refractivity contribution in [2.75, 3.05) is 0 Å². The van der Waals surface area contributed by atoms with Crippen LogP contribution >= 0.6 is 0 Å². The Labute approximate surface area is 114 Å². The number of benzene rings is 1. The van der Waals surface area contributed by atoms with Gasteiger partial charge < -0.3 is 5.11 Å². The van der Waals surface area contributed by atoms with Crippen molar-refractivity contribution < 1.29 is 5.11 Å². The van der Waals surface area contributed by atoms with Crippen LogP contribution in [0.1, 0.15) is 38.1 Å². The first kappa shape index (κ1) is 13.7. The second kappa shape index (κ2) is 5.97. The first-order valence-corrected chi connectivity index (χ1v) is 6.84. The van der Waals surface area contributed by atoms with E-state index in [0.717, 1.165) is 24.4 Å². The Bertz CT molecular complexity index is 509. The third kappa shape index (κ3) is 3.01. The summed E-state index contributed by atoms with van der Waals surface area (Å²) in [6.45, 7) is 4.88. The first-order chi connectivity index (χ1) is 9.19. The fourth-order valence-corrected chi connectivity index (χ4v) is 2.45. The zero-order valence-corrected chi connectivity index (χ0v) is 11.6. The van der Waals surface area contributed by atoms with Gasteiger partial charge in [0.25, 0.3) is 0 Å². The monoisotopic (exact) mass is 259 g/mol. The lowest BCUT2D eigenvalue weighted by Crippen LogP contribution is -2.30. The predicted molar refractivity (Wildman–Crippen MR) is 74.6 cm³/mol. The van der Waals surface area contributed by atoms with Crippen LogP contribution in [-0.2, 0) is 18.6 Å². The molecule has 1 aromatic carbocycles. The van der Waals surface area contributed by atoms with Crippen LogP contribution in [0.15, 0.2) is 36.7 Å². The Morgan fingerprint density at radius 3 is 2.58 bits per heavy atom. The van der Waals surface area contributed by atoms with Gasteiger partial charge in [0.05, 0.1) is 5.60 Å². The summed E-state index contributed by atoms with van der Waals surface area (Å²) < 4.78 is 1.84. The number of rotatable bonds is 6. The smallest absolute Gasteiger partial charge is 0.138 e. The number of aromatic nitrogens is 3. The van der Waals surface area contributed by atoms with Crippen molar-refractivity contribution in [3.63, 3.8) is 0 Å². The van der Waals surface area contributed by atoms with Gasteiger partial charge in [0, 0.05) is 13.0 Å². The highest BCUT2D eigenvalue weighted by atomic mass is 16.3. The molecule has 0 radical (unpaired) electrons. The van der Waals surface area contributed by atoms with Gasteiger partial charge in [0.2, 0.25) is 0 Å². The fraction of sp³-hybridized carbons (Fsp3) is 0.467. The molecule has 4 heteroatoms. The number of aliphatic hydroxyl groups is 1. The van der Waals surface area contributed by atoms with E-state index in [-0.39, 0.29) is 0 Å². The number of aryl methyl sites for hydroxylation is 1. The number of hydrogen-bond acceptors (Lipinski definition) is 3. The molecule has 0 aliphatic rings. The summed E-state index contributed by atoms with van der Waals surface area (Å²) >= 11 is 0. The molecule has 4 nitrogen and oxygen atoms in total. The zero-order chi connectivity index (χ0) is 13.7. The highest BCUT2D eigenvalue weighted by molar-refractivity contribution is 5.23. The summed E-state index contributed by atoms with van der Waals surface area (Å²) in [6, 6.07) is 9.83. The van der Waals surface area contributed by atoms with Gasteiger partial charge in [0.1, 0.15) is 12.2 Å². The van der Waals surface area contributed by atoms with Gasteiger partial charge >= 0.3 is 0 Å². The van der Waals surface area contributed by atoms with Crippen molar-refractivity contribution in [3.05, 3.63) is 48.0 Å². The van der Waals surface area contributed by atoms with E-state index >= 15 is 0 Å². The largest absolute Gasteiger partial charge is 0.385 e. The SMILES string of the molecule is CCCC(O)(Cc1ncnn1CC)c1ccccc1. The van der Waals surface area contributed by atoms with Crippen LogP contribution in [0.25, 0.3) is 0 Å². The topological polar surface area (TPSA) is 50.9 Å². The molecular weight excluding hydrogens is 238 g/mol. The van der Waals surface area contributed by atoms with Crippen molar-refractivity contribution in [1.82, 2.24) is 14.8 Å². The number of hydrogen-bond donors (Lipinski definition) is 1. The fourth-order valence-electron chi connectivity index (χ4n) is 2.45. The van der Waals surface area contributed by atoms with E-state index in [1.807, 2.05) is 41.9 Å². The van der Waals surface area contributed by atoms with E-state index in [1.54, 1.807) is 6.33 Å². The maximum atomic E-state index is 11.0. The van der Waals surface area contributed by atoms with Crippen LogP contribution in [0.2, 0.25) is 0 Å². The van der Waals surface area contributed by atoms with Gasteiger partial charge in [-0.25, -0.2) is 4.98 Å². The molecule has 1 N–H and O–H groups in total. The summed E-state index contributed by atoms with van der Waals surface area (Å²) in [7, 11) is 0. The van der Waals surface area contributed by atoms with E-state index in [4.69, 9.17) is 0 Å². The molecule has 19 heavy (non-hydrogen) atoms. The van der Waals surface area contributed by atoms with Crippen LogP contribution in [-0.4, -0.2) is 19.9 Å². The molecular formula is C15H21N3O. The minimum absolute atomic E-state index is 0.499. The van der Waals surface area contributed by atoms with E-state index in [9.17, 15) is 5.11 Å². The van der Waals surface area contributed by atoms with E-state index < -0.39 is 5.60 Å². The zero-order valence-electron chi connectivity index (χ0n) is 11.6. The van der Waals surface area contributed by atoms with Crippen LogP contribution < -0.4 is 0 Å². The Kier molecular flexibility index (Phi) is 4.32. The van der Waals surface area contributed by atoms with Crippen LogP contribution in [0.5, 0.6) is 0 Å². The molecule has 2 rings (SSSR count). The third-order valence-electron chi connectivity index (χ3n) is 3.42. The molecule has 1 unspecified atom stereocenters. The van der Waals surface area contributed by atoms with Gasteiger partial charge in [-0.1, -0.05) is 43.7 Å². The van der Waals surface area contributed by atoms with Gasteiger partial charge in [0.15, 0.2) is 0 Å². The molecule has 0 bridgehead atoms. The summed E-state index contributed by atoms with van der Waals surface area (Å²) in [4.78, 5) is 4.27. The van der Waals surface area contributed by atoms with Gasteiger partial charge in [-0.05, 0) is 18.9 Å². The van der Waals surface area contributed by atoms with E-state index in [2.05, 4.69) is 17.0 Å². The molecule has 0 aliphatic heterocycles. The Morgan fingerprint density at radius 2 is 1.95 bits per heavy atom. The van der Waals surface area contributed by atoms with Crippen molar-refractivity contribution in [2.45, 2.75) is 45.3 Å². The highest BCUT2D eigenvalue weighted by Gasteiger charge is 2.30. The van der Waals surface area contributed by atoms with Crippen molar-refractivity contribution in [1.29, 1.82) is 0 Å². The van der Waals surface area contributed by atoms with E-state index in [1.165, 1.54) is 0 Å². The molecule has 0 aliphatic carbocycles. The molecule has 0 spiro atoms. The van der Waals surface area contributed by atoms with Crippen LogP contribution in [0.4, 0.5) is 0 Å². The van der Waals surface area contributed by atoms with Gasteiger partial charge in [-0.3, -0.25) is 4.68 Å². The number of nitrogens with zero attached hydrogens (tertiary/aromatic N) is 3. The van der Waals surface area contributed by atoms with Crippen LogP contribution in [0.3, 0.4) is 0 Å². The lowest BCUT2D eigenvalue weighted by molar-refractivity contribution is 0.0239. The highest BCUT2D eigenvalue weighted by Crippen LogP contribution is 2.29. The van der Waals surface area contributed by atoms with Crippen LogP contribution in [0, 0.1) is 0 Å². The average molecular weight is 259 g/mol. The van der Waals surface area contributed by atoms with E-state index in [0.29, 0.717) is 12.8 Å². The summed E-state index contributed by atoms with van der Waals surface area (Å²) in [5, 5.41) is 15.2. The maximum Gasteiger partial charge on any atom is 0.138 e. The molecule has 0 amide bonds. The minimum atomic E-state index is -0.865. The summed E-state index contributed by atoms with van der Waals surface area (Å²) in [6.07, 6.45) is 3.69. The van der Waals surface area contributed by atoms with Crippen molar-refractivity contribution in [2.24, 2.45) is 0 Å². The third-order valence-corrected chi connectivity index (χ3v) is 3.42. The molecule has 0 saturated carbocycles. The molecule has 2 aromatic rings. The normalized spacial score (nSPS) is 14.3. The molecule has 1 atom stereocenters. The molecule has 102 valence electrons. The lowest BCUT2D eigenvalue weighted by atomic mass is 9.86. The lowest BCUT2D eigenvalue weighted by Gasteiger charge is -2.28. The molecule has 1 aromatic heterocycles. The Balaban J connectivity index is 2.30. The predicted octanol–water partition coefficient (Wildman–Crippen LogP) is 2.53.